The first-order chi connectivity index (χ1) is 11.7. The van der Waals surface area contributed by atoms with E-state index < -0.39 is 0 Å². The van der Waals surface area contributed by atoms with Crippen LogP contribution in [-0.2, 0) is 19.3 Å². The molecule has 4 heterocycles. The highest BCUT2D eigenvalue weighted by Gasteiger charge is 2.16. The Morgan fingerprint density at radius 2 is 2.25 bits per heavy atom. The lowest BCUT2D eigenvalue weighted by Gasteiger charge is -2.04. The molecule has 0 spiro atoms. The van der Waals surface area contributed by atoms with Gasteiger partial charge in [0.2, 0.25) is 10.9 Å². The molecule has 24 heavy (non-hydrogen) atoms. The van der Waals surface area contributed by atoms with Crippen molar-refractivity contribution in [3.63, 3.8) is 0 Å². The Bertz CT molecular complexity index is 1100. The first-order valence-corrected chi connectivity index (χ1v) is 8.87. The first kappa shape index (κ1) is 15.0. The molecule has 4 aromatic heterocycles. The van der Waals surface area contributed by atoms with E-state index in [1.165, 1.54) is 27.7 Å². The third-order valence-corrected chi connectivity index (χ3v) is 5.37. The molecule has 0 N–H and O–H groups in total. The van der Waals surface area contributed by atoms with Crippen molar-refractivity contribution in [2.24, 2.45) is 7.05 Å². The van der Waals surface area contributed by atoms with Gasteiger partial charge in [0.05, 0.1) is 17.8 Å². The number of nitrogens with zero attached hydrogens (tertiary/aromatic N) is 8. The second kappa shape index (κ2) is 5.83. The number of hydrogen-bond acceptors (Lipinski definition) is 8. The van der Waals surface area contributed by atoms with Gasteiger partial charge in [0.25, 0.3) is 5.56 Å². The Hall–Kier alpha value is -2.53. The quantitative estimate of drug-likeness (QED) is 0.388. The molecule has 0 amide bonds. The molecule has 9 nitrogen and oxygen atoms in total. The molecule has 122 valence electrons. The maximum Gasteiger partial charge on any atom is 0.272 e. The van der Waals surface area contributed by atoms with Crippen molar-refractivity contribution in [3.05, 3.63) is 40.3 Å². The molecule has 0 bridgehead atoms. The lowest BCUT2D eigenvalue weighted by molar-refractivity contribution is 0.614. The summed E-state index contributed by atoms with van der Waals surface area (Å²) in [7, 11) is 1.70. The van der Waals surface area contributed by atoms with Gasteiger partial charge < -0.3 is 0 Å². The van der Waals surface area contributed by atoms with Crippen LogP contribution in [0.5, 0.6) is 0 Å². The van der Waals surface area contributed by atoms with Gasteiger partial charge in [-0.3, -0.25) is 13.8 Å². The van der Waals surface area contributed by atoms with Gasteiger partial charge in [-0.2, -0.15) is 0 Å². The Labute approximate surface area is 143 Å². The van der Waals surface area contributed by atoms with E-state index in [0.29, 0.717) is 27.9 Å². The smallest absolute Gasteiger partial charge is 0.272 e. The molecule has 4 aromatic rings. The van der Waals surface area contributed by atoms with Crippen molar-refractivity contribution in [2.75, 3.05) is 0 Å². The molecular formula is C13H12N8OS2. The molecule has 0 fully saturated rings. The summed E-state index contributed by atoms with van der Waals surface area (Å²) in [5.41, 5.74) is 0.762. The molecule has 0 radical (unpaired) electrons. The largest absolute Gasteiger partial charge is 0.279 e. The van der Waals surface area contributed by atoms with Gasteiger partial charge >= 0.3 is 0 Å². The van der Waals surface area contributed by atoms with E-state index in [4.69, 9.17) is 0 Å². The molecule has 0 aliphatic carbocycles. The molecular weight excluding hydrogens is 348 g/mol. The Morgan fingerprint density at radius 3 is 3.08 bits per heavy atom. The number of aryl methyl sites for hydroxylation is 1. The van der Waals surface area contributed by atoms with Crippen LogP contribution < -0.4 is 5.56 Å². The molecule has 0 aliphatic heterocycles. The Balaban J connectivity index is 1.76. The average molecular weight is 360 g/mol. The van der Waals surface area contributed by atoms with Crippen LogP contribution in [0.2, 0.25) is 0 Å². The van der Waals surface area contributed by atoms with Gasteiger partial charge in [-0.25, -0.2) is 4.68 Å². The third-order valence-electron chi connectivity index (χ3n) is 3.53. The maximum absolute atomic E-state index is 12.3. The van der Waals surface area contributed by atoms with Crippen LogP contribution in [0, 0.1) is 0 Å². The van der Waals surface area contributed by atoms with Crippen molar-refractivity contribution < 1.29 is 0 Å². The third kappa shape index (κ3) is 2.24. The summed E-state index contributed by atoms with van der Waals surface area (Å²) in [5.74, 6) is 1.79. The van der Waals surface area contributed by atoms with Crippen LogP contribution in [0.3, 0.4) is 0 Å². The van der Waals surface area contributed by atoms with E-state index in [1.807, 2.05) is 15.8 Å². The van der Waals surface area contributed by atoms with Gasteiger partial charge in [-0.05, 0) is 21.9 Å². The van der Waals surface area contributed by atoms with Crippen molar-refractivity contribution in [1.82, 2.24) is 39.4 Å². The minimum absolute atomic E-state index is 0.0611. The van der Waals surface area contributed by atoms with Crippen LogP contribution in [-0.4, -0.2) is 39.4 Å². The van der Waals surface area contributed by atoms with E-state index in [9.17, 15) is 4.79 Å². The summed E-state index contributed by atoms with van der Waals surface area (Å²) in [6.07, 6.45) is 1.73. The number of rotatable bonds is 5. The molecule has 11 heteroatoms. The molecule has 0 saturated heterocycles. The van der Waals surface area contributed by atoms with Crippen LogP contribution >= 0.6 is 23.1 Å². The van der Waals surface area contributed by atoms with Gasteiger partial charge in [0.1, 0.15) is 10.5 Å². The number of aromatic nitrogens is 8. The lowest BCUT2D eigenvalue weighted by atomic mass is 10.4. The Kier molecular flexibility index (Phi) is 3.65. The number of allylic oxidation sites excluding steroid dienone is 1. The first-order valence-electron chi connectivity index (χ1n) is 7.00. The zero-order valence-electron chi connectivity index (χ0n) is 12.7. The highest BCUT2D eigenvalue weighted by atomic mass is 32.2. The molecule has 4 rings (SSSR count). The topological polar surface area (TPSA) is 95.8 Å². The fraction of sp³-hybridized carbons (Fsp3) is 0.231. The summed E-state index contributed by atoms with van der Waals surface area (Å²) in [6.45, 7) is 4.23. The van der Waals surface area contributed by atoms with Crippen LogP contribution in [0.15, 0.2) is 34.1 Å². The Morgan fingerprint density at radius 1 is 1.38 bits per heavy atom. The summed E-state index contributed by atoms with van der Waals surface area (Å²) >= 11 is 2.88. The van der Waals surface area contributed by atoms with E-state index in [0.717, 1.165) is 11.3 Å². The minimum atomic E-state index is -0.0611. The van der Waals surface area contributed by atoms with Crippen molar-refractivity contribution in [1.29, 1.82) is 0 Å². The summed E-state index contributed by atoms with van der Waals surface area (Å²) in [6, 6.07) is 1.91. The predicted octanol–water partition coefficient (Wildman–Crippen LogP) is 1.11. The minimum Gasteiger partial charge on any atom is -0.279 e. The number of tetrazole rings is 1. The van der Waals surface area contributed by atoms with Crippen LogP contribution in [0.25, 0.3) is 16.0 Å². The molecule has 0 atom stereocenters. The number of thioether (sulfide) groups is 1. The fourth-order valence-corrected chi connectivity index (χ4v) is 4.06. The zero-order valence-corrected chi connectivity index (χ0v) is 14.3. The number of hydrogen-bond donors (Lipinski definition) is 0. The van der Waals surface area contributed by atoms with Gasteiger partial charge in [-0.15, -0.1) is 33.2 Å². The maximum atomic E-state index is 12.3. The molecule has 0 aromatic carbocycles. The van der Waals surface area contributed by atoms with Crippen molar-refractivity contribution in [3.8, 4) is 0 Å². The number of thiophene rings is 1. The van der Waals surface area contributed by atoms with Crippen LogP contribution in [0.1, 0.15) is 5.82 Å². The predicted molar refractivity (Wildman–Crippen MR) is 91.2 cm³/mol. The average Bonchev–Trinajstić information content (AvgIpc) is 3.29. The van der Waals surface area contributed by atoms with E-state index >= 15 is 0 Å². The standard InChI is InChI=1S/C13H12N8OS2/c1-3-5-20-13(16-17-18-20)24-7-9-14-15-12-19(2)11(22)10-8(21(9)12)4-6-23-10/h3-4,6H,1,5,7H2,2H3. The number of fused-ring (bicyclic) bond motifs is 3. The van der Waals surface area contributed by atoms with Crippen molar-refractivity contribution in [2.45, 2.75) is 17.5 Å². The SMILES string of the molecule is C=CCn1nnnc1SCc1nnc2n(C)c(=O)c3sccc3n12. The summed E-state index contributed by atoms with van der Waals surface area (Å²) in [5, 5.41) is 22.6. The van der Waals surface area contributed by atoms with Gasteiger partial charge in [0, 0.05) is 7.05 Å². The van der Waals surface area contributed by atoms with Crippen LogP contribution in [0.4, 0.5) is 0 Å². The van der Waals surface area contributed by atoms with Gasteiger partial charge in [0.15, 0.2) is 0 Å². The van der Waals surface area contributed by atoms with Crippen molar-refractivity contribution >= 4 is 39.1 Å². The normalized spacial score (nSPS) is 11.5. The summed E-state index contributed by atoms with van der Waals surface area (Å²) < 4.78 is 5.77. The molecule has 0 saturated carbocycles. The van der Waals surface area contributed by atoms with E-state index in [2.05, 4.69) is 32.3 Å². The fourth-order valence-electron chi connectivity index (χ4n) is 2.41. The highest BCUT2D eigenvalue weighted by molar-refractivity contribution is 7.98. The highest BCUT2D eigenvalue weighted by Crippen LogP contribution is 2.23. The monoisotopic (exact) mass is 360 g/mol. The summed E-state index contributed by atoms with van der Waals surface area (Å²) in [4.78, 5) is 12.3. The van der Waals surface area contributed by atoms with E-state index in [1.54, 1.807) is 17.8 Å². The molecule has 0 aliphatic rings. The second-order valence-electron chi connectivity index (χ2n) is 4.97. The lowest BCUT2D eigenvalue weighted by Crippen LogP contribution is -2.19. The van der Waals surface area contributed by atoms with E-state index in [-0.39, 0.29) is 5.56 Å². The molecule has 0 unspecified atom stereocenters. The second-order valence-corrected chi connectivity index (χ2v) is 6.83. The zero-order chi connectivity index (χ0) is 16.7. The van der Waals surface area contributed by atoms with Gasteiger partial charge in [-0.1, -0.05) is 17.8 Å².